The lowest BCUT2D eigenvalue weighted by Gasteiger charge is -2.34. The number of allylic oxidation sites excluding steroid dienone is 1. The van der Waals surface area contributed by atoms with Crippen LogP contribution in [0.25, 0.3) is 0 Å². The Labute approximate surface area is 171 Å². The number of rotatable bonds is 4. The zero-order valence-electron chi connectivity index (χ0n) is 17.7. The van der Waals surface area contributed by atoms with E-state index < -0.39 is 5.41 Å². The molecule has 2 saturated carbocycles. The third-order valence-electron chi connectivity index (χ3n) is 7.03. The fraction of sp³-hybridized carbons (Fsp3) is 0.714. The molecule has 1 saturated heterocycles. The number of hydrogen-bond donors (Lipinski definition) is 1. The van der Waals surface area contributed by atoms with Gasteiger partial charge in [-0.2, -0.15) is 5.10 Å². The number of amides is 2. The SMILES string of the molecule is CC(C)(C)C(=O)C=C1SCC(=O)N1CC(=O)NN=C1CC2CCC1(C)C2(C)C. The summed E-state index contributed by atoms with van der Waals surface area (Å²) in [5.74, 6) is 0.310. The number of fused-ring (bicyclic) bond motifs is 2. The van der Waals surface area contributed by atoms with Gasteiger partial charge < -0.3 is 0 Å². The smallest absolute Gasteiger partial charge is 0.260 e. The summed E-state index contributed by atoms with van der Waals surface area (Å²) in [6.07, 6.45) is 4.72. The summed E-state index contributed by atoms with van der Waals surface area (Å²) in [6, 6.07) is 0. The predicted molar refractivity (Wildman–Crippen MR) is 112 cm³/mol. The minimum atomic E-state index is -0.525. The summed E-state index contributed by atoms with van der Waals surface area (Å²) in [7, 11) is 0. The standard InChI is InChI=1S/C21H31N3O3S/c1-19(2,3)15(25)10-18-24(17(27)12-28-18)11-16(26)23-22-14-9-13-7-8-21(14,6)20(13,4)5/h10,13H,7-9,11-12H2,1-6H3,(H,23,26). The quantitative estimate of drug-likeness (QED) is 0.575. The van der Waals surface area contributed by atoms with Gasteiger partial charge in [-0.3, -0.25) is 19.3 Å². The van der Waals surface area contributed by atoms with Gasteiger partial charge in [0.15, 0.2) is 5.78 Å². The fourth-order valence-corrected chi connectivity index (χ4v) is 5.37. The topological polar surface area (TPSA) is 78.8 Å². The third kappa shape index (κ3) is 3.53. The largest absolute Gasteiger partial charge is 0.296 e. The van der Waals surface area contributed by atoms with Gasteiger partial charge >= 0.3 is 0 Å². The van der Waals surface area contributed by atoms with Crippen molar-refractivity contribution in [2.24, 2.45) is 27.3 Å². The van der Waals surface area contributed by atoms with E-state index in [9.17, 15) is 14.4 Å². The Morgan fingerprint density at radius 3 is 2.54 bits per heavy atom. The molecule has 28 heavy (non-hydrogen) atoms. The number of carbonyl (C=O) groups excluding carboxylic acids is 3. The molecule has 2 amide bonds. The molecule has 3 fully saturated rings. The van der Waals surface area contributed by atoms with Crippen LogP contribution in [0.1, 0.15) is 60.8 Å². The van der Waals surface area contributed by atoms with Crippen LogP contribution in [0.5, 0.6) is 0 Å². The van der Waals surface area contributed by atoms with Crippen LogP contribution >= 0.6 is 11.8 Å². The molecule has 3 aliphatic rings. The second kappa shape index (κ2) is 7.01. The van der Waals surface area contributed by atoms with E-state index in [4.69, 9.17) is 0 Å². The van der Waals surface area contributed by atoms with Crippen molar-refractivity contribution in [1.29, 1.82) is 0 Å². The number of carbonyl (C=O) groups is 3. The maximum absolute atomic E-state index is 12.5. The molecule has 0 radical (unpaired) electrons. The summed E-state index contributed by atoms with van der Waals surface area (Å²) >= 11 is 1.30. The van der Waals surface area contributed by atoms with Crippen LogP contribution in [0.15, 0.2) is 16.2 Å². The molecule has 1 N–H and O–H groups in total. The lowest BCUT2D eigenvalue weighted by Crippen LogP contribution is -2.38. The van der Waals surface area contributed by atoms with Gasteiger partial charge in [-0.15, -0.1) is 0 Å². The monoisotopic (exact) mass is 405 g/mol. The number of hydrogen-bond acceptors (Lipinski definition) is 5. The molecule has 2 bridgehead atoms. The van der Waals surface area contributed by atoms with E-state index in [0.717, 1.165) is 18.6 Å². The van der Waals surface area contributed by atoms with Crippen LogP contribution in [0.2, 0.25) is 0 Å². The molecule has 0 aromatic carbocycles. The molecular weight excluding hydrogens is 374 g/mol. The van der Waals surface area contributed by atoms with Crippen LogP contribution in [0.3, 0.4) is 0 Å². The van der Waals surface area contributed by atoms with E-state index in [2.05, 4.69) is 31.3 Å². The second-order valence-electron chi connectivity index (χ2n) is 9.95. The second-order valence-corrected chi connectivity index (χ2v) is 10.9. The minimum absolute atomic E-state index is 0.0223. The van der Waals surface area contributed by atoms with Gasteiger partial charge in [0.05, 0.1) is 10.8 Å². The first-order valence-electron chi connectivity index (χ1n) is 9.91. The van der Waals surface area contributed by atoms with Gasteiger partial charge in [-0.25, -0.2) is 5.43 Å². The van der Waals surface area contributed by atoms with Gasteiger partial charge in [0.2, 0.25) is 5.91 Å². The number of ketones is 1. The van der Waals surface area contributed by atoms with Gasteiger partial charge in [0.25, 0.3) is 5.91 Å². The van der Waals surface area contributed by atoms with Gasteiger partial charge in [0, 0.05) is 22.6 Å². The zero-order valence-corrected chi connectivity index (χ0v) is 18.5. The van der Waals surface area contributed by atoms with Gasteiger partial charge in [-0.05, 0) is 30.6 Å². The highest BCUT2D eigenvalue weighted by molar-refractivity contribution is 8.04. The Bertz CT molecular complexity index is 778. The van der Waals surface area contributed by atoms with E-state index in [1.54, 1.807) is 0 Å². The molecule has 1 aliphatic heterocycles. The van der Waals surface area contributed by atoms with Crippen molar-refractivity contribution >= 4 is 35.1 Å². The number of nitrogens with zero attached hydrogens (tertiary/aromatic N) is 2. The summed E-state index contributed by atoms with van der Waals surface area (Å²) in [4.78, 5) is 38.3. The molecule has 2 aliphatic carbocycles. The number of hydrazone groups is 1. The van der Waals surface area contributed by atoms with Gasteiger partial charge in [-0.1, -0.05) is 53.3 Å². The van der Waals surface area contributed by atoms with Crippen LogP contribution in [-0.4, -0.2) is 40.5 Å². The Morgan fingerprint density at radius 2 is 2.00 bits per heavy atom. The van der Waals surface area contributed by atoms with E-state index in [1.165, 1.54) is 29.2 Å². The summed E-state index contributed by atoms with van der Waals surface area (Å²) in [5.41, 5.74) is 3.41. The molecular formula is C21H31N3O3S. The normalized spacial score (nSPS) is 31.9. The maximum atomic E-state index is 12.5. The van der Waals surface area contributed by atoms with Gasteiger partial charge in [0.1, 0.15) is 6.54 Å². The molecule has 0 aromatic heterocycles. The van der Waals surface area contributed by atoms with Crippen molar-refractivity contribution in [3.05, 3.63) is 11.1 Å². The zero-order chi connectivity index (χ0) is 20.9. The average molecular weight is 406 g/mol. The first-order valence-corrected chi connectivity index (χ1v) is 10.9. The molecule has 0 aromatic rings. The minimum Gasteiger partial charge on any atom is -0.296 e. The summed E-state index contributed by atoms with van der Waals surface area (Å²) in [5, 5.41) is 4.99. The van der Waals surface area contributed by atoms with Crippen molar-refractivity contribution in [3.63, 3.8) is 0 Å². The fourth-order valence-electron chi connectivity index (χ4n) is 4.44. The highest BCUT2D eigenvalue weighted by Gasteiger charge is 2.60. The molecule has 0 spiro atoms. The maximum Gasteiger partial charge on any atom is 0.260 e. The average Bonchev–Trinajstić information content (AvgIpc) is 3.10. The van der Waals surface area contributed by atoms with Crippen molar-refractivity contribution in [1.82, 2.24) is 10.3 Å². The van der Waals surface area contributed by atoms with E-state index in [0.29, 0.717) is 10.9 Å². The van der Waals surface area contributed by atoms with E-state index >= 15 is 0 Å². The molecule has 2 unspecified atom stereocenters. The van der Waals surface area contributed by atoms with Crippen LogP contribution in [0.4, 0.5) is 0 Å². The molecule has 1 heterocycles. The molecule has 2 atom stereocenters. The predicted octanol–water partition coefficient (Wildman–Crippen LogP) is 3.34. The lowest BCUT2D eigenvalue weighted by molar-refractivity contribution is -0.131. The summed E-state index contributed by atoms with van der Waals surface area (Å²) in [6.45, 7) is 12.2. The van der Waals surface area contributed by atoms with Crippen LogP contribution in [0, 0.1) is 22.2 Å². The molecule has 6 nitrogen and oxygen atoms in total. The van der Waals surface area contributed by atoms with E-state index in [1.807, 2.05) is 20.8 Å². The third-order valence-corrected chi connectivity index (χ3v) is 8.06. The highest BCUT2D eigenvalue weighted by Crippen LogP contribution is 2.63. The van der Waals surface area contributed by atoms with Crippen molar-refractivity contribution in [2.45, 2.75) is 60.8 Å². The van der Waals surface area contributed by atoms with E-state index in [-0.39, 0.29) is 40.7 Å². The number of thioether (sulfide) groups is 1. The summed E-state index contributed by atoms with van der Waals surface area (Å²) < 4.78 is 0. The Hall–Kier alpha value is -1.63. The Morgan fingerprint density at radius 1 is 1.32 bits per heavy atom. The van der Waals surface area contributed by atoms with Crippen molar-refractivity contribution < 1.29 is 14.4 Å². The van der Waals surface area contributed by atoms with Crippen molar-refractivity contribution in [3.8, 4) is 0 Å². The first kappa shape index (κ1) is 21.1. The highest BCUT2D eigenvalue weighted by atomic mass is 32.2. The lowest BCUT2D eigenvalue weighted by atomic mass is 9.70. The first-order chi connectivity index (χ1) is 12.9. The molecule has 7 heteroatoms. The Balaban J connectivity index is 1.67. The number of nitrogens with one attached hydrogen (secondary N) is 1. The molecule has 3 rings (SSSR count). The van der Waals surface area contributed by atoms with Crippen LogP contribution < -0.4 is 5.43 Å². The molecule has 154 valence electrons. The Kier molecular flexibility index (Phi) is 5.28. The van der Waals surface area contributed by atoms with Crippen molar-refractivity contribution in [2.75, 3.05) is 12.3 Å². The van der Waals surface area contributed by atoms with Crippen LogP contribution in [-0.2, 0) is 14.4 Å².